The van der Waals surface area contributed by atoms with Gasteiger partial charge in [0.25, 0.3) is 10.1 Å². The molecule has 2 saturated carbocycles. The first-order chi connectivity index (χ1) is 12.7. The van der Waals surface area contributed by atoms with Gasteiger partial charge in [0.15, 0.2) is 0 Å². The Kier molecular flexibility index (Phi) is 4.75. The van der Waals surface area contributed by atoms with Gasteiger partial charge in [0, 0.05) is 5.41 Å². The Labute approximate surface area is 162 Å². The highest BCUT2D eigenvalue weighted by atomic mass is 32.2. The first-order valence-electron chi connectivity index (χ1n) is 10.2. The number of rotatable bonds is 4. The summed E-state index contributed by atoms with van der Waals surface area (Å²) in [5, 5.41) is 0. The molecule has 1 aromatic carbocycles. The lowest BCUT2D eigenvalue weighted by atomic mass is 9.54. The lowest BCUT2D eigenvalue weighted by Gasteiger charge is -2.53. The molecule has 3 nitrogen and oxygen atoms in total. The van der Waals surface area contributed by atoms with E-state index < -0.39 is 15.7 Å². The second-order valence-corrected chi connectivity index (χ2v) is 10.6. The fourth-order valence-corrected chi connectivity index (χ4v) is 6.59. The van der Waals surface area contributed by atoms with Gasteiger partial charge in [0.2, 0.25) is 0 Å². The molecule has 0 N–H and O–H groups in total. The van der Waals surface area contributed by atoms with Crippen molar-refractivity contribution in [2.75, 3.05) is 0 Å². The molecule has 0 spiro atoms. The van der Waals surface area contributed by atoms with Gasteiger partial charge < -0.3 is 0 Å². The number of hydrogen-bond acceptors (Lipinski definition) is 3. The second kappa shape index (κ2) is 6.70. The van der Waals surface area contributed by atoms with Crippen LogP contribution in [0, 0.1) is 24.2 Å². The summed E-state index contributed by atoms with van der Waals surface area (Å²) in [6, 6.07) is 6.61. The summed E-state index contributed by atoms with van der Waals surface area (Å²) in [4.78, 5) is 0.139. The van der Waals surface area contributed by atoms with Crippen molar-refractivity contribution in [1.29, 1.82) is 0 Å². The quantitative estimate of drug-likeness (QED) is 0.618. The van der Waals surface area contributed by atoms with Crippen LogP contribution in [0.4, 0.5) is 4.39 Å². The number of fused-ring (bicyclic) bond motifs is 2. The highest BCUT2D eigenvalue weighted by molar-refractivity contribution is 7.86. The molecule has 2 fully saturated rings. The molecule has 4 aliphatic rings. The Balaban J connectivity index is 1.57. The third kappa shape index (κ3) is 3.38. The van der Waals surface area contributed by atoms with Crippen LogP contribution < -0.4 is 0 Å². The molecule has 0 unspecified atom stereocenters. The Bertz CT molecular complexity index is 825. The number of benzene rings is 1. The topological polar surface area (TPSA) is 43.4 Å². The number of hydrogen-bond donors (Lipinski definition) is 0. The van der Waals surface area contributed by atoms with Crippen LogP contribution >= 0.6 is 0 Å². The van der Waals surface area contributed by atoms with Crippen LogP contribution in [-0.4, -0.2) is 14.0 Å². The zero-order valence-electron chi connectivity index (χ0n) is 16.2. The van der Waals surface area contributed by atoms with E-state index in [1.165, 1.54) is 18.9 Å². The molecule has 0 aromatic heterocycles. The average molecular weight is 393 g/mol. The van der Waals surface area contributed by atoms with Crippen molar-refractivity contribution in [2.24, 2.45) is 17.3 Å². The van der Waals surface area contributed by atoms with Crippen LogP contribution in [0.5, 0.6) is 0 Å². The highest BCUT2D eigenvalue weighted by Crippen LogP contribution is 2.60. The van der Waals surface area contributed by atoms with Gasteiger partial charge in [0.05, 0.1) is 4.90 Å². The lowest BCUT2D eigenvalue weighted by Crippen LogP contribution is -2.50. The van der Waals surface area contributed by atoms with Gasteiger partial charge in [0.1, 0.15) is 11.4 Å². The number of allylic oxidation sites excluding steroid dienone is 1. The van der Waals surface area contributed by atoms with Crippen LogP contribution in [-0.2, 0) is 14.3 Å². The summed E-state index contributed by atoms with van der Waals surface area (Å²) in [5.41, 5.74) is -0.406. The summed E-state index contributed by atoms with van der Waals surface area (Å²) in [6.07, 6.45) is 8.55. The Morgan fingerprint density at radius 1 is 1.00 bits per heavy atom. The summed E-state index contributed by atoms with van der Waals surface area (Å²) >= 11 is 0. The van der Waals surface area contributed by atoms with Crippen LogP contribution in [0.15, 0.2) is 41.1 Å². The normalized spacial score (nSPS) is 36.5. The Hall–Kier alpha value is -1.20. The van der Waals surface area contributed by atoms with Gasteiger partial charge in [-0.2, -0.15) is 8.42 Å². The minimum atomic E-state index is -3.91. The minimum Gasteiger partial charge on any atom is -0.255 e. The fourth-order valence-electron chi connectivity index (χ4n) is 5.37. The van der Waals surface area contributed by atoms with E-state index in [1.54, 1.807) is 24.3 Å². The molecule has 5 rings (SSSR count). The predicted octanol–water partition coefficient (Wildman–Crippen LogP) is 5.69. The molecule has 0 heterocycles. The van der Waals surface area contributed by atoms with E-state index in [0.29, 0.717) is 31.6 Å². The van der Waals surface area contributed by atoms with Crippen molar-refractivity contribution in [2.45, 2.75) is 75.7 Å². The van der Waals surface area contributed by atoms with Crippen molar-refractivity contribution in [3.63, 3.8) is 0 Å². The Morgan fingerprint density at radius 3 is 2.15 bits per heavy atom. The predicted molar refractivity (Wildman–Crippen MR) is 103 cm³/mol. The van der Waals surface area contributed by atoms with Crippen molar-refractivity contribution in [1.82, 2.24) is 0 Å². The van der Waals surface area contributed by atoms with Gasteiger partial charge in [-0.1, -0.05) is 37.5 Å². The van der Waals surface area contributed by atoms with E-state index in [1.807, 2.05) is 6.92 Å². The number of halogens is 1. The van der Waals surface area contributed by atoms with Gasteiger partial charge in [-0.15, -0.1) is 0 Å². The molecule has 27 heavy (non-hydrogen) atoms. The second-order valence-electron chi connectivity index (χ2n) is 9.02. The molecule has 0 aliphatic heterocycles. The van der Waals surface area contributed by atoms with Crippen LogP contribution in [0.25, 0.3) is 0 Å². The van der Waals surface area contributed by atoms with Gasteiger partial charge in [-0.05, 0) is 75.5 Å². The summed E-state index contributed by atoms with van der Waals surface area (Å²) in [6.45, 7) is 4.18. The summed E-state index contributed by atoms with van der Waals surface area (Å²) in [7, 11) is -3.91. The molecule has 2 bridgehead atoms. The van der Waals surface area contributed by atoms with E-state index in [-0.39, 0.29) is 16.1 Å². The van der Waals surface area contributed by atoms with Crippen molar-refractivity contribution < 1.29 is 17.0 Å². The van der Waals surface area contributed by atoms with E-state index in [2.05, 4.69) is 6.92 Å². The minimum absolute atomic E-state index is 0.126. The molecule has 148 valence electrons. The maximum absolute atomic E-state index is 15.3. The van der Waals surface area contributed by atoms with Gasteiger partial charge in [-0.25, -0.2) is 4.39 Å². The fraction of sp³-hybridized carbons (Fsp3) is 0.636. The van der Waals surface area contributed by atoms with Crippen LogP contribution in [0.2, 0.25) is 0 Å². The molecular formula is C22H29FO3S. The third-order valence-corrected chi connectivity index (χ3v) is 8.64. The summed E-state index contributed by atoms with van der Waals surface area (Å²) < 4.78 is 46.4. The molecular weight excluding hydrogens is 363 g/mol. The monoisotopic (exact) mass is 392 g/mol. The molecule has 1 aromatic rings. The first-order valence-corrected chi connectivity index (χ1v) is 11.6. The smallest absolute Gasteiger partial charge is 0.255 e. The zero-order chi connectivity index (χ0) is 19.3. The number of aryl methyl sites for hydroxylation is 1. The maximum Gasteiger partial charge on any atom is 0.297 e. The van der Waals surface area contributed by atoms with E-state index >= 15 is 4.39 Å². The molecule has 0 saturated heterocycles. The van der Waals surface area contributed by atoms with Crippen LogP contribution in [0.3, 0.4) is 0 Å². The van der Waals surface area contributed by atoms with Crippen molar-refractivity contribution in [3.8, 4) is 0 Å². The largest absolute Gasteiger partial charge is 0.297 e. The highest BCUT2D eigenvalue weighted by Gasteiger charge is 2.55. The summed E-state index contributed by atoms with van der Waals surface area (Å²) in [5.74, 6) is 0.995. The molecule has 5 heteroatoms. The van der Waals surface area contributed by atoms with E-state index in [0.717, 1.165) is 24.3 Å². The van der Waals surface area contributed by atoms with Crippen molar-refractivity contribution in [3.05, 3.63) is 41.7 Å². The zero-order valence-corrected chi connectivity index (χ0v) is 17.0. The first kappa shape index (κ1) is 19.1. The maximum atomic E-state index is 15.3. The standard InChI is InChI=1S/C22H29FO3S/c1-16-3-7-18(8-4-16)22-13-11-21(12-14-22,15-20(22)23)26-27(24,25)19-9-5-17(2)6-10-19/h5-6,9-10,15-16,18H,3-4,7-8,11-14H2,1-2H3. The molecule has 4 aliphatic carbocycles. The van der Waals surface area contributed by atoms with E-state index in [4.69, 9.17) is 4.18 Å². The SMILES string of the molecule is Cc1ccc(S(=O)(=O)OC23C=C(F)C(C4CCC(C)CC4)(CC2)CC3)cc1. The van der Waals surface area contributed by atoms with Gasteiger partial charge >= 0.3 is 0 Å². The average Bonchev–Trinajstić information content (AvgIpc) is 2.63. The molecule has 0 amide bonds. The lowest BCUT2D eigenvalue weighted by molar-refractivity contribution is -0.0304. The third-order valence-electron chi connectivity index (χ3n) is 7.24. The Morgan fingerprint density at radius 2 is 1.59 bits per heavy atom. The van der Waals surface area contributed by atoms with Crippen molar-refractivity contribution >= 4 is 10.1 Å². The molecule has 0 atom stereocenters. The van der Waals surface area contributed by atoms with Gasteiger partial charge in [-0.3, -0.25) is 4.18 Å². The van der Waals surface area contributed by atoms with E-state index in [9.17, 15) is 8.42 Å². The van der Waals surface area contributed by atoms with Crippen LogP contribution in [0.1, 0.15) is 63.9 Å². The molecule has 0 radical (unpaired) electrons.